The highest BCUT2D eigenvalue weighted by Gasteiger charge is 2.29. The van der Waals surface area contributed by atoms with Crippen LogP contribution in [0.15, 0.2) is 23.1 Å². The molecule has 0 unspecified atom stereocenters. The van der Waals surface area contributed by atoms with E-state index in [9.17, 15) is 18.0 Å². The second-order valence-corrected chi connectivity index (χ2v) is 6.97. The molecule has 8 nitrogen and oxygen atoms in total. The molecule has 9 heteroatoms. The molecule has 0 radical (unpaired) electrons. The fraction of sp³-hybridized carbons (Fsp3) is 0.385. The number of carboxylic acids is 1. The third-order valence-electron chi connectivity index (χ3n) is 2.75. The standard InChI is InChI=1S/C13H18N2O6S/c1-13(2,7-11(16)17)15-22(19,20)8-4-5-10(21-3)9(6-8)12(14)18/h4-6,15H,7H2,1-3H3,(H2,14,18)(H,16,17). The maximum atomic E-state index is 12.3. The zero-order valence-corrected chi connectivity index (χ0v) is 13.2. The van der Waals surface area contributed by atoms with Gasteiger partial charge in [-0.1, -0.05) is 0 Å². The van der Waals surface area contributed by atoms with Crippen molar-refractivity contribution in [1.82, 2.24) is 4.72 Å². The quantitative estimate of drug-likeness (QED) is 0.659. The molecule has 1 amide bonds. The van der Waals surface area contributed by atoms with Crippen LogP contribution >= 0.6 is 0 Å². The Morgan fingerprint density at radius 2 is 1.95 bits per heavy atom. The number of nitrogens with one attached hydrogen (secondary N) is 1. The van der Waals surface area contributed by atoms with Crippen LogP contribution in [-0.2, 0) is 14.8 Å². The van der Waals surface area contributed by atoms with Gasteiger partial charge in [-0.15, -0.1) is 0 Å². The van der Waals surface area contributed by atoms with Crippen molar-refractivity contribution in [3.63, 3.8) is 0 Å². The summed E-state index contributed by atoms with van der Waals surface area (Å²) in [4.78, 5) is 21.9. The summed E-state index contributed by atoms with van der Waals surface area (Å²) < 4.78 is 31.8. The van der Waals surface area contributed by atoms with Crippen LogP contribution < -0.4 is 15.2 Å². The maximum Gasteiger partial charge on any atom is 0.305 e. The number of hydrogen-bond donors (Lipinski definition) is 3. The first kappa shape index (κ1) is 17.9. The van der Waals surface area contributed by atoms with E-state index in [0.29, 0.717) is 0 Å². The van der Waals surface area contributed by atoms with Crippen molar-refractivity contribution in [2.24, 2.45) is 5.73 Å². The molecule has 22 heavy (non-hydrogen) atoms. The molecule has 0 spiro atoms. The number of benzene rings is 1. The van der Waals surface area contributed by atoms with Crippen molar-refractivity contribution in [3.8, 4) is 5.75 Å². The summed E-state index contributed by atoms with van der Waals surface area (Å²) in [6.07, 6.45) is -0.398. The van der Waals surface area contributed by atoms with Gasteiger partial charge in [0.15, 0.2) is 0 Å². The van der Waals surface area contributed by atoms with E-state index in [4.69, 9.17) is 15.6 Å². The van der Waals surface area contributed by atoms with Crippen molar-refractivity contribution >= 4 is 21.9 Å². The van der Waals surface area contributed by atoms with Crippen molar-refractivity contribution in [3.05, 3.63) is 23.8 Å². The van der Waals surface area contributed by atoms with E-state index >= 15 is 0 Å². The summed E-state index contributed by atoms with van der Waals surface area (Å²) in [5, 5.41) is 8.79. The third kappa shape index (κ3) is 4.43. The smallest absolute Gasteiger partial charge is 0.305 e. The minimum absolute atomic E-state index is 0.0820. The molecule has 0 aliphatic heterocycles. The molecule has 1 aromatic rings. The lowest BCUT2D eigenvalue weighted by Crippen LogP contribution is -2.44. The van der Waals surface area contributed by atoms with Crippen LogP contribution in [0.5, 0.6) is 5.75 Å². The Balaban J connectivity index is 3.21. The Labute approximate surface area is 128 Å². The number of nitrogens with two attached hydrogens (primary N) is 1. The van der Waals surface area contributed by atoms with Crippen molar-refractivity contribution in [1.29, 1.82) is 0 Å². The number of hydrogen-bond acceptors (Lipinski definition) is 5. The Morgan fingerprint density at radius 3 is 2.41 bits per heavy atom. The van der Waals surface area contributed by atoms with Gasteiger partial charge in [0.05, 0.1) is 24.0 Å². The van der Waals surface area contributed by atoms with Crippen LogP contribution in [0.2, 0.25) is 0 Å². The van der Waals surface area contributed by atoms with Crippen LogP contribution in [0.1, 0.15) is 30.6 Å². The van der Waals surface area contributed by atoms with E-state index in [1.165, 1.54) is 33.1 Å². The molecule has 0 saturated heterocycles. The maximum absolute atomic E-state index is 12.3. The number of primary amides is 1. The van der Waals surface area contributed by atoms with Gasteiger partial charge in [-0.05, 0) is 32.0 Å². The molecule has 0 aliphatic carbocycles. The van der Waals surface area contributed by atoms with E-state index in [2.05, 4.69) is 4.72 Å². The van der Waals surface area contributed by atoms with Crippen LogP contribution in [0.4, 0.5) is 0 Å². The molecule has 4 N–H and O–H groups in total. The molecule has 0 saturated carbocycles. The molecule has 0 heterocycles. The van der Waals surface area contributed by atoms with Crippen LogP contribution in [0.25, 0.3) is 0 Å². The van der Waals surface area contributed by atoms with E-state index in [0.717, 1.165) is 6.07 Å². The third-order valence-corrected chi connectivity index (χ3v) is 4.45. The predicted molar refractivity (Wildman–Crippen MR) is 78.2 cm³/mol. The topological polar surface area (TPSA) is 136 Å². The summed E-state index contributed by atoms with van der Waals surface area (Å²) in [5.74, 6) is -1.82. The lowest BCUT2D eigenvalue weighted by molar-refractivity contribution is -0.138. The average Bonchev–Trinajstić information content (AvgIpc) is 2.34. The van der Waals surface area contributed by atoms with E-state index in [1.807, 2.05) is 0 Å². The van der Waals surface area contributed by atoms with Gasteiger partial charge in [0, 0.05) is 5.54 Å². The minimum atomic E-state index is -4.02. The number of amides is 1. The van der Waals surface area contributed by atoms with Gasteiger partial charge in [0.1, 0.15) is 5.75 Å². The van der Waals surface area contributed by atoms with Crippen molar-refractivity contribution < 1.29 is 27.9 Å². The number of carbonyl (C=O) groups is 2. The molecule has 122 valence electrons. The summed E-state index contributed by atoms with van der Waals surface area (Å²) >= 11 is 0. The number of ether oxygens (including phenoxy) is 1. The highest BCUT2D eigenvalue weighted by molar-refractivity contribution is 7.89. The van der Waals surface area contributed by atoms with Gasteiger partial charge < -0.3 is 15.6 Å². The first-order valence-corrected chi connectivity index (χ1v) is 7.70. The lowest BCUT2D eigenvalue weighted by Gasteiger charge is -2.24. The highest BCUT2D eigenvalue weighted by atomic mass is 32.2. The number of methoxy groups -OCH3 is 1. The molecule has 0 bridgehead atoms. The summed E-state index contributed by atoms with van der Waals surface area (Å²) in [6, 6.07) is 3.63. The molecule has 0 aromatic heterocycles. The number of aliphatic carboxylic acids is 1. The second-order valence-electron chi connectivity index (χ2n) is 5.29. The van der Waals surface area contributed by atoms with Gasteiger partial charge in [-0.3, -0.25) is 9.59 Å². The number of rotatable bonds is 7. The lowest BCUT2D eigenvalue weighted by atomic mass is 10.0. The molecule has 0 aliphatic rings. The summed E-state index contributed by atoms with van der Waals surface area (Å²) in [5.41, 5.74) is 3.90. The van der Waals surface area contributed by atoms with Gasteiger partial charge >= 0.3 is 5.97 Å². The molecule has 0 fully saturated rings. The summed E-state index contributed by atoms with van der Waals surface area (Å²) in [6.45, 7) is 2.88. The van der Waals surface area contributed by atoms with E-state index in [-0.39, 0.29) is 16.2 Å². The number of sulfonamides is 1. The molecule has 0 atom stereocenters. The minimum Gasteiger partial charge on any atom is -0.496 e. The normalized spacial score (nSPS) is 12.0. The van der Waals surface area contributed by atoms with Crippen molar-refractivity contribution in [2.45, 2.75) is 30.7 Å². The zero-order valence-electron chi connectivity index (χ0n) is 12.4. The number of carboxylic acid groups (broad SMARTS) is 1. The largest absolute Gasteiger partial charge is 0.496 e. The zero-order chi connectivity index (χ0) is 17.1. The van der Waals surface area contributed by atoms with Gasteiger partial charge in [0.25, 0.3) is 5.91 Å². The SMILES string of the molecule is COc1ccc(S(=O)(=O)NC(C)(C)CC(=O)O)cc1C(N)=O. The Bertz CT molecular complexity index is 696. The monoisotopic (exact) mass is 330 g/mol. The predicted octanol–water partition coefficient (Wildman–Crippen LogP) is 0.326. The average molecular weight is 330 g/mol. The van der Waals surface area contributed by atoms with Crippen LogP contribution in [0, 0.1) is 0 Å². The second kappa shape index (κ2) is 6.32. The van der Waals surface area contributed by atoms with E-state index in [1.54, 1.807) is 0 Å². The molecule has 1 aromatic carbocycles. The van der Waals surface area contributed by atoms with Gasteiger partial charge in [0.2, 0.25) is 10.0 Å². The van der Waals surface area contributed by atoms with Gasteiger partial charge in [-0.25, -0.2) is 13.1 Å². The Kier molecular flexibility index (Phi) is 5.15. The molecule has 1 rings (SSSR count). The fourth-order valence-electron chi connectivity index (χ4n) is 1.88. The molecular formula is C13H18N2O6S. The first-order chi connectivity index (χ1) is 9.98. The van der Waals surface area contributed by atoms with Crippen molar-refractivity contribution in [2.75, 3.05) is 7.11 Å². The van der Waals surface area contributed by atoms with E-state index < -0.39 is 33.9 Å². The Morgan fingerprint density at radius 1 is 1.36 bits per heavy atom. The highest BCUT2D eigenvalue weighted by Crippen LogP contribution is 2.23. The molecular weight excluding hydrogens is 312 g/mol. The summed E-state index contributed by atoms with van der Waals surface area (Å²) in [7, 11) is -2.70. The Hall–Kier alpha value is -2.13. The first-order valence-electron chi connectivity index (χ1n) is 6.22. The number of carbonyl (C=O) groups excluding carboxylic acids is 1. The van der Waals surface area contributed by atoms with Gasteiger partial charge in [-0.2, -0.15) is 0 Å². The van der Waals surface area contributed by atoms with Crippen LogP contribution in [-0.4, -0.2) is 38.0 Å². The van der Waals surface area contributed by atoms with Crippen LogP contribution in [0.3, 0.4) is 0 Å². The fourth-order valence-corrected chi connectivity index (χ4v) is 3.32.